The van der Waals surface area contributed by atoms with Gasteiger partial charge in [0, 0.05) is 18.7 Å². The van der Waals surface area contributed by atoms with Crippen LogP contribution in [0.1, 0.15) is 32.1 Å². The molecule has 1 aliphatic rings. The average molecular weight is 339 g/mol. The van der Waals surface area contributed by atoms with Crippen molar-refractivity contribution in [3.05, 3.63) is 45.0 Å². The Kier molecular flexibility index (Phi) is 6.40. The number of carbonyl (C=O) groups is 1. The maximum atomic E-state index is 11.7. The molecular formula is C16H19ClN2O4. The van der Waals surface area contributed by atoms with Gasteiger partial charge in [0.25, 0.3) is 11.6 Å². The van der Waals surface area contributed by atoms with Gasteiger partial charge < -0.3 is 10.1 Å². The van der Waals surface area contributed by atoms with E-state index in [9.17, 15) is 14.9 Å². The molecule has 0 fully saturated rings. The fraction of sp³-hybridized carbons (Fsp3) is 0.438. The molecule has 1 amide bonds. The molecule has 0 bridgehead atoms. The molecule has 1 aliphatic carbocycles. The Labute approximate surface area is 139 Å². The monoisotopic (exact) mass is 338 g/mol. The number of carbonyl (C=O) groups excluding carboxylic acids is 1. The lowest BCUT2D eigenvalue weighted by atomic mass is 9.97. The molecule has 2 rings (SSSR count). The van der Waals surface area contributed by atoms with Gasteiger partial charge in [-0.2, -0.15) is 0 Å². The Morgan fingerprint density at radius 3 is 2.87 bits per heavy atom. The van der Waals surface area contributed by atoms with Gasteiger partial charge in [-0.3, -0.25) is 14.9 Å². The van der Waals surface area contributed by atoms with Crippen LogP contribution in [-0.4, -0.2) is 24.0 Å². The van der Waals surface area contributed by atoms with Crippen LogP contribution in [0, 0.1) is 10.1 Å². The number of allylic oxidation sites excluding steroid dienone is 1. The Bertz CT molecular complexity index is 616. The molecule has 1 aromatic rings. The zero-order chi connectivity index (χ0) is 16.7. The largest absolute Gasteiger partial charge is 0.482 e. The van der Waals surface area contributed by atoms with E-state index in [1.54, 1.807) is 0 Å². The molecule has 124 valence electrons. The minimum absolute atomic E-state index is 0.111. The summed E-state index contributed by atoms with van der Waals surface area (Å²) < 4.78 is 5.29. The van der Waals surface area contributed by atoms with Crippen molar-refractivity contribution in [2.24, 2.45) is 0 Å². The maximum Gasteiger partial charge on any atom is 0.271 e. The molecule has 0 heterocycles. The SMILES string of the molecule is O=C(COc1ccc([N+](=O)[O-])cc1Cl)NCCC1=CCCCC1. The molecule has 0 saturated heterocycles. The highest BCUT2D eigenvalue weighted by Gasteiger charge is 2.11. The van der Waals surface area contributed by atoms with Crippen molar-refractivity contribution in [3.63, 3.8) is 0 Å². The highest BCUT2D eigenvalue weighted by Crippen LogP contribution is 2.28. The number of rotatable bonds is 7. The van der Waals surface area contributed by atoms with E-state index in [2.05, 4.69) is 11.4 Å². The topological polar surface area (TPSA) is 81.5 Å². The third kappa shape index (κ3) is 5.56. The number of benzene rings is 1. The van der Waals surface area contributed by atoms with E-state index in [1.165, 1.54) is 36.6 Å². The number of amides is 1. The molecule has 7 heteroatoms. The highest BCUT2D eigenvalue weighted by molar-refractivity contribution is 6.32. The smallest absolute Gasteiger partial charge is 0.271 e. The first-order valence-electron chi connectivity index (χ1n) is 7.57. The predicted molar refractivity (Wildman–Crippen MR) is 87.8 cm³/mol. The van der Waals surface area contributed by atoms with Crippen LogP contribution in [0.4, 0.5) is 5.69 Å². The zero-order valence-electron chi connectivity index (χ0n) is 12.7. The summed E-state index contributed by atoms with van der Waals surface area (Å²) in [6, 6.07) is 3.87. The summed E-state index contributed by atoms with van der Waals surface area (Å²) in [6.07, 6.45) is 7.84. The van der Waals surface area contributed by atoms with Crippen molar-refractivity contribution in [1.82, 2.24) is 5.32 Å². The van der Waals surface area contributed by atoms with Crippen LogP contribution in [0.2, 0.25) is 5.02 Å². The van der Waals surface area contributed by atoms with Crippen LogP contribution in [-0.2, 0) is 4.79 Å². The van der Waals surface area contributed by atoms with Crippen molar-refractivity contribution >= 4 is 23.2 Å². The third-order valence-corrected chi connectivity index (χ3v) is 3.93. The Hall–Kier alpha value is -2.08. The number of hydrogen-bond donors (Lipinski definition) is 1. The molecule has 0 atom stereocenters. The number of ether oxygens (including phenoxy) is 1. The maximum absolute atomic E-state index is 11.7. The highest BCUT2D eigenvalue weighted by atomic mass is 35.5. The van der Waals surface area contributed by atoms with Gasteiger partial charge in [0.1, 0.15) is 5.75 Å². The van der Waals surface area contributed by atoms with Gasteiger partial charge in [0.05, 0.1) is 9.95 Å². The summed E-state index contributed by atoms with van der Waals surface area (Å²) in [7, 11) is 0. The van der Waals surface area contributed by atoms with Crippen LogP contribution >= 0.6 is 11.6 Å². The minimum atomic E-state index is -0.539. The number of non-ortho nitro benzene ring substituents is 1. The predicted octanol–water partition coefficient (Wildman–Crippen LogP) is 3.63. The summed E-state index contributed by atoms with van der Waals surface area (Å²) in [4.78, 5) is 21.8. The first kappa shape index (κ1) is 17.3. The number of halogens is 1. The summed E-state index contributed by atoms with van der Waals surface area (Å²) in [5.41, 5.74) is 1.28. The number of nitro benzene ring substituents is 1. The van der Waals surface area contributed by atoms with Gasteiger partial charge in [0.2, 0.25) is 0 Å². The van der Waals surface area contributed by atoms with E-state index < -0.39 is 4.92 Å². The summed E-state index contributed by atoms with van der Waals surface area (Å²) >= 11 is 5.89. The average Bonchev–Trinajstić information content (AvgIpc) is 2.54. The second-order valence-corrected chi connectivity index (χ2v) is 5.78. The van der Waals surface area contributed by atoms with E-state index in [0.717, 1.165) is 19.3 Å². The van der Waals surface area contributed by atoms with Gasteiger partial charge in [0.15, 0.2) is 6.61 Å². The molecule has 0 spiro atoms. The van der Waals surface area contributed by atoms with Crippen molar-refractivity contribution in [2.45, 2.75) is 32.1 Å². The Morgan fingerprint density at radius 2 is 2.22 bits per heavy atom. The minimum Gasteiger partial charge on any atom is -0.482 e. The molecule has 0 radical (unpaired) electrons. The van der Waals surface area contributed by atoms with Crippen LogP contribution in [0.25, 0.3) is 0 Å². The van der Waals surface area contributed by atoms with Crippen molar-refractivity contribution in [1.29, 1.82) is 0 Å². The van der Waals surface area contributed by atoms with E-state index in [4.69, 9.17) is 16.3 Å². The molecular weight excluding hydrogens is 320 g/mol. The van der Waals surface area contributed by atoms with Crippen LogP contribution in [0.15, 0.2) is 29.8 Å². The molecule has 0 aromatic heterocycles. The lowest BCUT2D eigenvalue weighted by Gasteiger charge is -2.13. The number of hydrogen-bond acceptors (Lipinski definition) is 4. The van der Waals surface area contributed by atoms with E-state index in [0.29, 0.717) is 6.54 Å². The van der Waals surface area contributed by atoms with E-state index >= 15 is 0 Å². The van der Waals surface area contributed by atoms with Crippen molar-refractivity contribution in [2.75, 3.05) is 13.2 Å². The van der Waals surface area contributed by atoms with Crippen LogP contribution in [0.5, 0.6) is 5.75 Å². The zero-order valence-corrected chi connectivity index (χ0v) is 13.5. The summed E-state index contributed by atoms with van der Waals surface area (Å²) in [5, 5.41) is 13.5. The first-order valence-corrected chi connectivity index (χ1v) is 7.95. The normalized spacial score (nSPS) is 14.0. The van der Waals surface area contributed by atoms with Gasteiger partial charge >= 0.3 is 0 Å². The lowest BCUT2D eigenvalue weighted by Crippen LogP contribution is -2.30. The number of nitro groups is 1. The Morgan fingerprint density at radius 1 is 1.39 bits per heavy atom. The van der Waals surface area contributed by atoms with Gasteiger partial charge in [-0.25, -0.2) is 0 Å². The molecule has 0 aliphatic heterocycles. The van der Waals surface area contributed by atoms with Crippen molar-refractivity contribution < 1.29 is 14.5 Å². The molecule has 1 N–H and O–H groups in total. The van der Waals surface area contributed by atoms with Crippen LogP contribution < -0.4 is 10.1 Å². The van der Waals surface area contributed by atoms with Gasteiger partial charge in [-0.15, -0.1) is 0 Å². The van der Waals surface area contributed by atoms with Gasteiger partial charge in [-0.05, 0) is 38.2 Å². The summed E-state index contributed by atoms with van der Waals surface area (Å²) in [6.45, 7) is 0.415. The second kappa shape index (κ2) is 8.53. The lowest BCUT2D eigenvalue weighted by molar-refractivity contribution is -0.384. The molecule has 6 nitrogen and oxygen atoms in total. The molecule has 1 aromatic carbocycles. The first-order chi connectivity index (χ1) is 11.1. The van der Waals surface area contributed by atoms with Gasteiger partial charge in [-0.1, -0.05) is 23.3 Å². The second-order valence-electron chi connectivity index (χ2n) is 5.37. The Balaban J connectivity index is 1.73. The molecule has 0 unspecified atom stereocenters. The third-order valence-electron chi connectivity index (χ3n) is 3.64. The number of nitrogens with zero attached hydrogens (tertiary/aromatic N) is 1. The van der Waals surface area contributed by atoms with E-state index in [1.807, 2.05) is 0 Å². The fourth-order valence-corrected chi connectivity index (χ4v) is 2.64. The number of nitrogens with one attached hydrogen (secondary N) is 1. The molecule has 0 saturated carbocycles. The summed E-state index contributed by atoms with van der Waals surface area (Å²) in [5.74, 6) is 0.0123. The quantitative estimate of drug-likeness (QED) is 0.467. The van der Waals surface area contributed by atoms with E-state index in [-0.39, 0.29) is 29.0 Å². The fourth-order valence-electron chi connectivity index (χ4n) is 2.41. The van der Waals surface area contributed by atoms with Crippen molar-refractivity contribution in [3.8, 4) is 5.75 Å². The van der Waals surface area contributed by atoms with Crippen LogP contribution in [0.3, 0.4) is 0 Å². The standard InChI is InChI=1S/C16H19ClN2O4/c17-14-10-13(19(21)22)6-7-15(14)23-11-16(20)18-9-8-12-4-2-1-3-5-12/h4,6-7,10H,1-3,5,8-9,11H2,(H,18,20). The molecule has 23 heavy (non-hydrogen) atoms.